The van der Waals surface area contributed by atoms with E-state index in [-0.39, 0.29) is 5.71 Å². The summed E-state index contributed by atoms with van der Waals surface area (Å²) in [5.74, 6) is 0. The Hall–Kier alpha value is -1.41. The van der Waals surface area contributed by atoms with E-state index in [4.69, 9.17) is 5.41 Å². The SMILES string of the molecule is N=C1C=Cc2ccccc2C1O. The molecule has 0 aliphatic heterocycles. The molecule has 1 unspecified atom stereocenters. The lowest BCUT2D eigenvalue weighted by atomic mass is 9.94. The van der Waals surface area contributed by atoms with Crippen LogP contribution in [-0.4, -0.2) is 10.8 Å². The number of aliphatic hydroxyl groups excluding tert-OH is 1. The highest BCUT2D eigenvalue weighted by Gasteiger charge is 2.17. The van der Waals surface area contributed by atoms with E-state index in [2.05, 4.69) is 0 Å². The van der Waals surface area contributed by atoms with Crippen LogP contribution in [0.2, 0.25) is 0 Å². The second-order valence-electron chi connectivity index (χ2n) is 2.82. The van der Waals surface area contributed by atoms with Gasteiger partial charge in [0, 0.05) is 0 Å². The van der Waals surface area contributed by atoms with Gasteiger partial charge in [0.1, 0.15) is 6.10 Å². The Balaban J connectivity index is 2.59. The van der Waals surface area contributed by atoms with E-state index in [0.29, 0.717) is 0 Å². The van der Waals surface area contributed by atoms with Crippen LogP contribution in [0.5, 0.6) is 0 Å². The van der Waals surface area contributed by atoms with Gasteiger partial charge < -0.3 is 10.5 Å². The van der Waals surface area contributed by atoms with Crippen molar-refractivity contribution in [2.75, 3.05) is 0 Å². The minimum Gasteiger partial charge on any atom is -0.382 e. The van der Waals surface area contributed by atoms with Crippen molar-refractivity contribution in [1.82, 2.24) is 0 Å². The quantitative estimate of drug-likeness (QED) is 0.595. The number of rotatable bonds is 0. The maximum atomic E-state index is 9.55. The molecule has 60 valence electrons. The number of benzene rings is 1. The number of fused-ring (bicyclic) bond motifs is 1. The molecule has 12 heavy (non-hydrogen) atoms. The fraction of sp³-hybridized carbons (Fsp3) is 0.100. The van der Waals surface area contributed by atoms with Gasteiger partial charge in [0.25, 0.3) is 0 Å². The Bertz CT molecular complexity index is 355. The molecule has 0 saturated carbocycles. The van der Waals surface area contributed by atoms with Crippen LogP contribution in [0.3, 0.4) is 0 Å². The summed E-state index contributed by atoms with van der Waals surface area (Å²) >= 11 is 0. The summed E-state index contributed by atoms with van der Waals surface area (Å²) in [6.07, 6.45) is 2.74. The molecule has 0 fully saturated rings. The predicted octanol–water partition coefficient (Wildman–Crippen LogP) is 1.77. The van der Waals surface area contributed by atoms with Crippen molar-refractivity contribution < 1.29 is 5.11 Å². The van der Waals surface area contributed by atoms with Crippen molar-refractivity contribution in [1.29, 1.82) is 5.41 Å². The van der Waals surface area contributed by atoms with Crippen LogP contribution in [0.25, 0.3) is 6.08 Å². The van der Waals surface area contributed by atoms with E-state index in [1.54, 1.807) is 6.08 Å². The minimum atomic E-state index is -0.744. The van der Waals surface area contributed by atoms with Crippen LogP contribution in [0.4, 0.5) is 0 Å². The average Bonchev–Trinajstić information content (AvgIpc) is 2.12. The van der Waals surface area contributed by atoms with Gasteiger partial charge in [0.15, 0.2) is 0 Å². The van der Waals surface area contributed by atoms with Gasteiger partial charge in [0.2, 0.25) is 0 Å². The zero-order valence-corrected chi connectivity index (χ0v) is 6.49. The summed E-state index contributed by atoms with van der Waals surface area (Å²) in [6, 6.07) is 7.57. The van der Waals surface area contributed by atoms with Crippen molar-refractivity contribution in [2.45, 2.75) is 6.10 Å². The molecule has 2 N–H and O–H groups in total. The zero-order valence-electron chi connectivity index (χ0n) is 6.49. The first-order chi connectivity index (χ1) is 5.79. The average molecular weight is 159 g/mol. The van der Waals surface area contributed by atoms with E-state index in [1.807, 2.05) is 30.3 Å². The second kappa shape index (κ2) is 2.57. The van der Waals surface area contributed by atoms with Gasteiger partial charge >= 0.3 is 0 Å². The zero-order chi connectivity index (χ0) is 8.55. The van der Waals surface area contributed by atoms with Crippen molar-refractivity contribution in [2.24, 2.45) is 0 Å². The van der Waals surface area contributed by atoms with Gasteiger partial charge in [-0.2, -0.15) is 0 Å². The number of hydrogen-bond donors (Lipinski definition) is 2. The second-order valence-corrected chi connectivity index (χ2v) is 2.82. The van der Waals surface area contributed by atoms with Gasteiger partial charge in [-0.05, 0) is 17.2 Å². The first kappa shape index (κ1) is 7.25. The molecule has 0 radical (unpaired) electrons. The molecule has 0 bridgehead atoms. The summed E-state index contributed by atoms with van der Waals surface area (Å²) in [5.41, 5.74) is 2.08. The summed E-state index contributed by atoms with van der Waals surface area (Å²) < 4.78 is 0. The highest BCUT2D eigenvalue weighted by atomic mass is 16.3. The molecular formula is C10H9NO. The molecule has 1 aliphatic rings. The molecule has 1 atom stereocenters. The number of hydrogen-bond acceptors (Lipinski definition) is 2. The van der Waals surface area contributed by atoms with Crippen molar-refractivity contribution in [3.63, 3.8) is 0 Å². The number of aliphatic hydroxyl groups is 1. The molecule has 0 amide bonds. The summed E-state index contributed by atoms with van der Waals surface area (Å²) in [7, 11) is 0. The molecule has 2 rings (SSSR count). The minimum absolute atomic E-state index is 0.258. The highest BCUT2D eigenvalue weighted by molar-refractivity contribution is 6.02. The summed E-state index contributed by atoms with van der Waals surface area (Å²) in [6.45, 7) is 0. The Morgan fingerprint density at radius 1 is 1.17 bits per heavy atom. The molecule has 0 aromatic heterocycles. The normalized spacial score (nSPS) is 20.8. The molecule has 0 heterocycles. The van der Waals surface area contributed by atoms with Crippen LogP contribution in [-0.2, 0) is 0 Å². The Kier molecular flexibility index (Phi) is 1.55. The topological polar surface area (TPSA) is 44.1 Å². The fourth-order valence-corrected chi connectivity index (χ4v) is 1.35. The number of nitrogens with one attached hydrogen (secondary N) is 1. The molecule has 0 saturated heterocycles. The van der Waals surface area contributed by atoms with Crippen LogP contribution in [0, 0.1) is 5.41 Å². The molecule has 2 heteroatoms. The van der Waals surface area contributed by atoms with E-state index >= 15 is 0 Å². The van der Waals surface area contributed by atoms with E-state index in [1.165, 1.54) is 0 Å². The summed E-state index contributed by atoms with van der Waals surface area (Å²) in [4.78, 5) is 0. The smallest absolute Gasteiger partial charge is 0.121 e. The highest BCUT2D eigenvalue weighted by Crippen LogP contribution is 2.24. The standard InChI is InChI=1S/C10H9NO/c11-9-6-5-7-3-1-2-4-8(7)10(9)12/h1-6,10-12H. The van der Waals surface area contributed by atoms with Crippen molar-refractivity contribution in [3.05, 3.63) is 41.5 Å². The summed E-state index contributed by atoms with van der Waals surface area (Å²) in [5, 5.41) is 16.9. The van der Waals surface area contributed by atoms with Crippen LogP contribution < -0.4 is 0 Å². The fourth-order valence-electron chi connectivity index (χ4n) is 1.35. The van der Waals surface area contributed by atoms with Gasteiger partial charge in [0.05, 0.1) is 5.71 Å². The monoisotopic (exact) mass is 159 g/mol. The predicted molar refractivity (Wildman–Crippen MR) is 48.2 cm³/mol. The third-order valence-corrected chi connectivity index (χ3v) is 2.03. The van der Waals surface area contributed by atoms with Gasteiger partial charge in [-0.3, -0.25) is 0 Å². The lowest BCUT2D eigenvalue weighted by molar-refractivity contribution is 0.247. The maximum Gasteiger partial charge on any atom is 0.121 e. The first-order valence-corrected chi connectivity index (χ1v) is 3.82. The molecule has 1 aromatic rings. The van der Waals surface area contributed by atoms with E-state index in [0.717, 1.165) is 11.1 Å². The van der Waals surface area contributed by atoms with Crippen LogP contribution in [0.1, 0.15) is 17.2 Å². The van der Waals surface area contributed by atoms with Gasteiger partial charge in [-0.15, -0.1) is 0 Å². The largest absolute Gasteiger partial charge is 0.382 e. The first-order valence-electron chi connectivity index (χ1n) is 3.82. The molecule has 1 aromatic carbocycles. The van der Waals surface area contributed by atoms with E-state index < -0.39 is 6.10 Å². The molecule has 1 aliphatic carbocycles. The Labute approximate surface area is 70.7 Å². The Morgan fingerprint density at radius 3 is 2.75 bits per heavy atom. The van der Waals surface area contributed by atoms with Crippen molar-refractivity contribution in [3.8, 4) is 0 Å². The third kappa shape index (κ3) is 0.970. The maximum absolute atomic E-state index is 9.55. The molecule has 2 nitrogen and oxygen atoms in total. The lowest BCUT2D eigenvalue weighted by Crippen LogP contribution is -2.12. The van der Waals surface area contributed by atoms with Crippen molar-refractivity contribution >= 4 is 11.8 Å². The van der Waals surface area contributed by atoms with Gasteiger partial charge in [-0.25, -0.2) is 0 Å². The Morgan fingerprint density at radius 2 is 1.92 bits per heavy atom. The van der Waals surface area contributed by atoms with Crippen LogP contribution >= 0.6 is 0 Å². The van der Waals surface area contributed by atoms with E-state index in [9.17, 15) is 5.11 Å². The van der Waals surface area contributed by atoms with Gasteiger partial charge in [-0.1, -0.05) is 30.3 Å². The van der Waals surface area contributed by atoms with Crippen LogP contribution in [0.15, 0.2) is 30.3 Å². The lowest BCUT2D eigenvalue weighted by Gasteiger charge is -2.16. The third-order valence-electron chi connectivity index (χ3n) is 2.03. The molecule has 0 spiro atoms. The molecular weight excluding hydrogens is 150 g/mol.